The third-order valence-electron chi connectivity index (χ3n) is 23.8. The standard InChI is InChI=1S/C80H129N15O18S2/c1-7-14-55-70(104)86-56(20-12-21-63(101)102)71(105)87-57(34-45-22-26-52(98)27-23-45)73(107)94-66(49-17-9-8-10-18-49)77(111)93-65(44(3)97)76(110)90-60(68(82)103)42-115-41-48-16-11-15-47(33-48)40-114-32-30-62(100)91-67(80(4,5)6)78(112)89-59(35-46-24-28-53(99)29-25-46)79(113)95-39-51(81)37-61(95)74(108)92-64(43(2)96)75(109)88-58(72(106)85-55)36-50-38-84-69-54(50)19-13-31-83-69/h11,15-16,33,43-46,49-61,64-67,69,83-84,96-99H,7-10,12-14,17-32,34-42,81H2,1-6H3,(H2,82,103)(H,85,106)(H,86,104)(H,87,105)(H,88,109)(H,89,112)(H,90,110)(H,91,100)(H,92,108)(H,93,111)(H,94,107)(H,101,102)/t43-,44-,45?,46?,50?,51+,52?,53?,54?,55+,56+,57+,58+,59+,60+,61+,64+,65+,66+,67-,69?/m1/s1. The molecule has 0 spiro atoms. The van der Waals surface area contributed by atoms with E-state index in [0.29, 0.717) is 101 Å². The Hall–Kier alpha value is -7.25. The molecule has 3 saturated carbocycles. The molecule has 0 aromatic heterocycles. The van der Waals surface area contributed by atoms with Crippen LogP contribution in [0.5, 0.6) is 0 Å². The van der Waals surface area contributed by atoms with Crippen LogP contribution in [-0.2, 0) is 73.8 Å². The highest BCUT2D eigenvalue weighted by molar-refractivity contribution is 7.98. The van der Waals surface area contributed by atoms with Crippen molar-refractivity contribution in [3.05, 3.63) is 35.4 Å². The van der Waals surface area contributed by atoms with Crippen LogP contribution in [0.25, 0.3) is 0 Å². The van der Waals surface area contributed by atoms with Crippen LogP contribution < -0.4 is 75.3 Å². The predicted octanol–water partition coefficient (Wildman–Crippen LogP) is 0.0788. The van der Waals surface area contributed by atoms with E-state index < -0.39 is 192 Å². The molecule has 4 aliphatic heterocycles. The molecular weight excluding hydrogens is 1520 g/mol. The molecule has 35 heteroatoms. The topological polar surface area (TPSA) is 523 Å². The van der Waals surface area contributed by atoms with Crippen molar-refractivity contribution in [2.75, 3.05) is 31.1 Å². The number of primary amides is 1. The van der Waals surface area contributed by atoms with E-state index in [9.17, 15) is 68.7 Å². The molecule has 115 heavy (non-hydrogen) atoms. The Kier molecular flexibility index (Phi) is 36.5. The number of fused-ring (bicyclic) bond motifs is 4. The fourth-order valence-corrected chi connectivity index (χ4v) is 19.1. The second-order valence-corrected chi connectivity index (χ2v) is 36.3. The molecule has 12 amide bonds. The van der Waals surface area contributed by atoms with E-state index in [4.69, 9.17) is 11.5 Å². The monoisotopic (exact) mass is 1650 g/mol. The lowest BCUT2D eigenvalue weighted by Gasteiger charge is -2.35. The van der Waals surface area contributed by atoms with Crippen LogP contribution in [0.1, 0.15) is 213 Å². The Morgan fingerprint density at radius 3 is 1.72 bits per heavy atom. The van der Waals surface area contributed by atoms with Crippen molar-refractivity contribution in [1.29, 1.82) is 0 Å². The molecule has 3 aliphatic carbocycles. The van der Waals surface area contributed by atoms with Gasteiger partial charge in [0.2, 0.25) is 70.9 Å². The summed E-state index contributed by atoms with van der Waals surface area (Å²) < 4.78 is 0. The van der Waals surface area contributed by atoms with Crippen molar-refractivity contribution in [2.24, 2.45) is 46.5 Å². The number of hydrogen-bond donors (Lipinski definition) is 19. The maximum Gasteiger partial charge on any atom is 0.303 e. The van der Waals surface area contributed by atoms with E-state index >= 15 is 19.2 Å². The van der Waals surface area contributed by atoms with Crippen LogP contribution in [0.15, 0.2) is 24.3 Å². The summed E-state index contributed by atoms with van der Waals surface area (Å²) in [6.07, 6.45) is 3.28. The molecular formula is C80H129N15O18S2. The van der Waals surface area contributed by atoms with Crippen molar-refractivity contribution in [3.63, 3.8) is 0 Å². The molecule has 0 radical (unpaired) electrons. The van der Waals surface area contributed by atoms with Gasteiger partial charge in [0.15, 0.2) is 0 Å². The molecule has 21 N–H and O–H groups in total. The van der Waals surface area contributed by atoms with E-state index in [0.717, 1.165) is 36.9 Å². The van der Waals surface area contributed by atoms with Crippen LogP contribution in [0.4, 0.5) is 0 Å². The lowest BCUT2D eigenvalue weighted by atomic mass is 9.82. The van der Waals surface area contributed by atoms with Gasteiger partial charge in [-0.3, -0.25) is 62.3 Å². The first-order valence-corrected chi connectivity index (χ1v) is 44.0. The van der Waals surface area contributed by atoms with Gasteiger partial charge < -0.3 is 106 Å². The van der Waals surface area contributed by atoms with Gasteiger partial charge in [-0.1, -0.05) is 77.6 Å². The number of piperidine rings is 1. The maximum atomic E-state index is 15.3. The SMILES string of the molecule is CCC[C@@H]1NC(=O)[C@H](CC2CNC3NCCCC23)NC(=O)[C@H]([C@@H](C)O)NC(=O)[C@@H]2C[C@H](N)CN2C(=O)[C@H](CC2CCC(O)CC2)NC(=O)[C@H](C(C)(C)C)NC(=O)CCSCc2cccc(c2)CSC[C@@H](C(N)=O)NC(=O)[C@H]([C@@H](C)O)NC(=O)[C@H](C2CCCCC2)NC(=O)[C@H](CC2CCC(O)CC2)NC(=O)[C@H](CCCC(=O)O)NC1=O. The summed E-state index contributed by atoms with van der Waals surface area (Å²) in [5.41, 5.74) is 13.3. The van der Waals surface area contributed by atoms with Crippen molar-refractivity contribution in [1.82, 2.24) is 68.7 Å². The Bertz CT molecular complexity index is 3480. The van der Waals surface area contributed by atoms with Gasteiger partial charge in [0, 0.05) is 48.4 Å². The summed E-state index contributed by atoms with van der Waals surface area (Å²) in [5, 5.41) is 88.2. The number of nitrogens with one attached hydrogen (secondary N) is 12. The van der Waals surface area contributed by atoms with Crippen molar-refractivity contribution in [2.45, 2.75) is 317 Å². The van der Waals surface area contributed by atoms with E-state index in [2.05, 4.69) is 63.8 Å². The van der Waals surface area contributed by atoms with Gasteiger partial charge in [-0.25, -0.2) is 0 Å². The number of rotatable bonds is 16. The second kappa shape index (κ2) is 45.1. The van der Waals surface area contributed by atoms with Crippen molar-refractivity contribution >= 4 is 100 Å². The molecule has 644 valence electrons. The molecule has 4 heterocycles. The number of aliphatic hydroxyl groups excluding tert-OH is 4. The first kappa shape index (κ1) is 93.2. The van der Waals surface area contributed by atoms with Crippen LogP contribution in [0.3, 0.4) is 0 Å². The fourth-order valence-electron chi connectivity index (χ4n) is 17.2. The lowest BCUT2D eigenvalue weighted by Crippen LogP contribution is -2.63. The normalized spacial score (nSPS) is 32.9. The van der Waals surface area contributed by atoms with Crippen LogP contribution in [0.2, 0.25) is 0 Å². The summed E-state index contributed by atoms with van der Waals surface area (Å²) in [6.45, 7) is 10.6. The highest BCUT2D eigenvalue weighted by Gasteiger charge is 2.47. The zero-order chi connectivity index (χ0) is 83.8. The number of carbonyl (C=O) groups is 13. The van der Waals surface area contributed by atoms with Crippen molar-refractivity contribution in [3.8, 4) is 0 Å². The third-order valence-corrected chi connectivity index (χ3v) is 25.9. The Balaban J connectivity index is 1.12. The predicted molar refractivity (Wildman–Crippen MR) is 432 cm³/mol. The Labute approximate surface area is 683 Å². The van der Waals surface area contributed by atoms with Gasteiger partial charge >= 0.3 is 5.97 Å². The molecule has 8 rings (SSSR count). The van der Waals surface area contributed by atoms with Gasteiger partial charge in [0.05, 0.1) is 30.6 Å². The van der Waals surface area contributed by atoms with Gasteiger partial charge in [-0.2, -0.15) is 23.5 Å². The van der Waals surface area contributed by atoms with Gasteiger partial charge in [0.25, 0.3) is 0 Å². The molecule has 2 bridgehead atoms. The number of aliphatic hydroxyl groups is 4. The zero-order valence-corrected chi connectivity index (χ0v) is 69.2. The second-order valence-electron chi connectivity index (χ2n) is 34.2. The number of nitrogens with zero attached hydrogens (tertiary/aromatic N) is 1. The fraction of sp³-hybridized carbons (Fsp3) is 0.762. The average Bonchev–Trinajstić information content (AvgIpc) is 1.72. The molecule has 7 aliphatic rings. The van der Waals surface area contributed by atoms with E-state index in [-0.39, 0.29) is 99.9 Å². The highest BCUT2D eigenvalue weighted by atomic mass is 32.2. The van der Waals surface area contributed by atoms with E-state index in [1.165, 1.54) is 42.3 Å². The minimum Gasteiger partial charge on any atom is -0.481 e. The molecule has 3 unspecified atom stereocenters. The molecule has 1 aromatic rings. The number of carboxylic acid groups (broad SMARTS) is 1. The van der Waals surface area contributed by atoms with Crippen LogP contribution in [-0.4, -0.2) is 242 Å². The van der Waals surface area contributed by atoms with Gasteiger partial charge in [0.1, 0.15) is 66.5 Å². The number of carboxylic acids is 1. The first-order valence-electron chi connectivity index (χ1n) is 41.7. The van der Waals surface area contributed by atoms with Crippen molar-refractivity contribution < 1.29 is 87.9 Å². The summed E-state index contributed by atoms with van der Waals surface area (Å²) in [5.74, 6) is -11.0. The number of thioether (sulfide) groups is 2. The number of nitrogens with two attached hydrogens (primary N) is 2. The number of amides is 12. The first-order chi connectivity index (χ1) is 54.7. The number of benzene rings is 1. The quantitative estimate of drug-likeness (QED) is 0.104. The third kappa shape index (κ3) is 28.5. The highest BCUT2D eigenvalue weighted by Crippen LogP contribution is 2.35. The zero-order valence-electron chi connectivity index (χ0n) is 67.6. The number of carbonyl (C=O) groups excluding carboxylic acids is 12. The molecule has 33 nitrogen and oxygen atoms in total. The molecule has 1 aromatic carbocycles. The van der Waals surface area contributed by atoms with E-state index in [1.54, 1.807) is 27.7 Å². The summed E-state index contributed by atoms with van der Waals surface area (Å²) in [6, 6.07) is -8.81. The number of aliphatic carboxylic acids is 1. The summed E-state index contributed by atoms with van der Waals surface area (Å²) >= 11 is 2.76. The molecule has 6 fully saturated rings. The minimum atomic E-state index is -1.76. The molecule has 17 atom stereocenters. The minimum absolute atomic E-state index is 0.00453. The summed E-state index contributed by atoms with van der Waals surface area (Å²) in [4.78, 5) is 190. The van der Waals surface area contributed by atoms with Gasteiger partial charge in [-0.05, 0) is 195 Å². The van der Waals surface area contributed by atoms with Crippen LogP contribution >= 0.6 is 23.5 Å². The Morgan fingerprint density at radius 2 is 1.13 bits per heavy atom. The largest absolute Gasteiger partial charge is 0.481 e. The van der Waals surface area contributed by atoms with E-state index in [1.807, 2.05) is 24.3 Å². The Morgan fingerprint density at radius 1 is 0.591 bits per heavy atom. The average molecular weight is 1650 g/mol. The van der Waals surface area contributed by atoms with Gasteiger partial charge in [-0.15, -0.1) is 0 Å². The maximum absolute atomic E-state index is 15.3. The summed E-state index contributed by atoms with van der Waals surface area (Å²) in [7, 11) is 0. The lowest BCUT2D eigenvalue weighted by molar-refractivity contribution is -0.144. The smallest absolute Gasteiger partial charge is 0.303 e. The number of hydrogen-bond acceptors (Lipinski definition) is 22. The molecule has 3 saturated heterocycles. The van der Waals surface area contributed by atoms with Crippen LogP contribution in [0, 0.1) is 35.0 Å².